The predicted molar refractivity (Wildman–Crippen MR) is 85.3 cm³/mol. The number of carbonyl (C=O) groups excluding carboxylic acids is 2. The molecule has 1 heterocycles. The van der Waals surface area contributed by atoms with E-state index in [-0.39, 0.29) is 25.6 Å². The minimum atomic E-state index is -1.30. The second-order valence-electron chi connectivity index (χ2n) is 5.48. The molecule has 1 aromatic heterocycles. The SMILES string of the molecule is C=CC1CC(C(=O)OCC)(C(=O)OCC)C/C1=C\c1ccco1. The third kappa shape index (κ3) is 3.38. The zero-order valence-corrected chi connectivity index (χ0v) is 13.5. The van der Waals surface area contributed by atoms with Crippen molar-refractivity contribution in [3.8, 4) is 0 Å². The van der Waals surface area contributed by atoms with E-state index in [2.05, 4.69) is 6.58 Å². The van der Waals surface area contributed by atoms with Crippen LogP contribution in [0, 0.1) is 11.3 Å². The second kappa shape index (κ2) is 7.31. The molecular weight excluding hydrogens is 296 g/mol. The zero-order chi connectivity index (χ0) is 16.9. The van der Waals surface area contributed by atoms with E-state index < -0.39 is 17.4 Å². The molecule has 2 rings (SSSR count). The van der Waals surface area contributed by atoms with E-state index in [1.54, 1.807) is 32.3 Å². The monoisotopic (exact) mass is 318 g/mol. The fourth-order valence-electron chi connectivity index (χ4n) is 2.94. The first-order valence-corrected chi connectivity index (χ1v) is 7.78. The Hall–Kier alpha value is -2.30. The molecule has 0 saturated heterocycles. The number of carbonyl (C=O) groups is 2. The molecule has 1 unspecified atom stereocenters. The predicted octanol–water partition coefficient (Wildman–Crippen LogP) is 3.37. The lowest BCUT2D eigenvalue weighted by atomic mass is 9.85. The maximum atomic E-state index is 12.5. The summed E-state index contributed by atoms with van der Waals surface area (Å²) in [6.07, 6.45) is 5.73. The summed E-state index contributed by atoms with van der Waals surface area (Å²) in [5.41, 5.74) is -0.389. The number of esters is 2. The van der Waals surface area contributed by atoms with Crippen LogP contribution < -0.4 is 0 Å². The first-order valence-electron chi connectivity index (χ1n) is 7.78. The average Bonchev–Trinajstić information content (AvgIpc) is 3.16. The normalized spacial score (nSPS) is 21.1. The van der Waals surface area contributed by atoms with Crippen LogP contribution in [0.15, 0.2) is 41.0 Å². The number of rotatable bonds is 6. The summed E-state index contributed by atoms with van der Waals surface area (Å²) < 4.78 is 15.6. The Morgan fingerprint density at radius 3 is 2.48 bits per heavy atom. The molecule has 0 aromatic carbocycles. The van der Waals surface area contributed by atoms with E-state index in [9.17, 15) is 9.59 Å². The minimum Gasteiger partial charge on any atom is -0.465 e. The first kappa shape index (κ1) is 17.1. The van der Waals surface area contributed by atoms with Crippen molar-refractivity contribution in [1.29, 1.82) is 0 Å². The van der Waals surface area contributed by atoms with Crippen molar-refractivity contribution in [2.75, 3.05) is 13.2 Å². The molecule has 1 aliphatic carbocycles. The van der Waals surface area contributed by atoms with Crippen molar-refractivity contribution >= 4 is 18.0 Å². The van der Waals surface area contributed by atoms with E-state index in [1.165, 1.54) is 0 Å². The number of ether oxygens (including phenoxy) is 2. The lowest BCUT2D eigenvalue weighted by molar-refractivity contribution is -0.171. The van der Waals surface area contributed by atoms with Crippen molar-refractivity contribution in [3.63, 3.8) is 0 Å². The van der Waals surface area contributed by atoms with Gasteiger partial charge in [0.25, 0.3) is 0 Å². The topological polar surface area (TPSA) is 65.7 Å². The highest BCUT2D eigenvalue weighted by Gasteiger charge is 2.55. The maximum absolute atomic E-state index is 12.5. The largest absolute Gasteiger partial charge is 0.465 e. The Morgan fingerprint density at radius 2 is 2.00 bits per heavy atom. The molecule has 1 aromatic rings. The first-order chi connectivity index (χ1) is 11.1. The van der Waals surface area contributed by atoms with E-state index >= 15 is 0 Å². The minimum absolute atomic E-state index is 0.103. The summed E-state index contributed by atoms with van der Waals surface area (Å²) in [6, 6.07) is 3.61. The van der Waals surface area contributed by atoms with Gasteiger partial charge in [-0.25, -0.2) is 0 Å². The van der Waals surface area contributed by atoms with Gasteiger partial charge in [0.1, 0.15) is 5.76 Å². The molecule has 0 N–H and O–H groups in total. The lowest BCUT2D eigenvalue weighted by Gasteiger charge is -2.24. The highest BCUT2D eigenvalue weighted by atomic mass is 16.6. The Kier molecular flexibility index (Phi) is 5.42. The third-order valence-corrected chi connectivity index (χ3v) is 4.04. The fourth-order valence-corrected chi connectivity index (χ4v) is 2.94. The van der Waals surface area contributed by atoms with Gasteiger partial charge in [-0.05, 0) is 50.8 Å². The van der Waals surface area contributed by atoms with E-state index in [0.29, 0.717) is 12.2 Å². The average molecular weight is 318 g/mol. The molecule has 0 radical (unpaired) electrons. The highest BCUT2D eigenvalue weighted by molar-refractivity contribution is 6.01. The van der Waals surface area contributed by atoms with Gasteiger partial charge in [0.15, 0.2) is 5.41 Å². The molecule has 0 aliphatic heterocycles. The van der Waals surface area contributed by atoms with Gasteiger partial charge in [0.2, 0.25) is 0 Å². The summed E-state index contributed by atoms with van der Waals surface area (Å²) in [7, 11) is 0. The van der Waals surface area contributed by atoms with Gasteiger partial charge >= 0.3 is 11.9 Å². The summed E-state index contributed by atoms with van der Waals surface area (Å²) in [5.74, 6) is -0.495. The van der Waals surface area contributed by atoms with Crippen molar-refractivity contribution in [2.24, 2.45) is 11.3 Å². The van der Waals surface area contributed by atoms with Gasteiger partial charge in [0.05, 0.1) is 19.5 Å². The standard InChI is InChI=1S/C18H22O5/c1-4-13-11-18(16(19)21-5-2,17(20)22-6-3)12-14(13)10-15-8-7-9-23-15/h4,7-10,13H,1,5-6,11-12H2,2-3H3/b14-10+. The van der Waals surface area contributed by atoms with Crippen LogP contribution in [0.25, 0.3) is 6.08 Å². The second-order valence-corrected chi connectivity index (χ2v) is 5.48. The van der Waals surface area contributed by atoms with Gasteiger partial charge < -0.3 is 13.9 Å². The Bertz CT molecular complexity index is 579. The van der Waals surface area contributed by atoms with Gasteiger partial charge in [0, 0.05) is 0 Å². The van der Waals surface area contributed by atoms with Gasteiger partial charge in [-0.15, -0.1) is 6.58 Å². The smallest absolute Gasteiger partial charge is 0.323 e. The van der Waals surface area contributed by atoms with Crippen molar-refractivity contribution < 1.29 is 23.5 Å². The molecule has 1 fully saturated rings. The Balaban J connectivity index is 2.38. The van der Waals surface area contributed by atoms with Crippen molar-refractivity contribution in [3.05, 3.63) is 42.4 Å². The molecule has 1 atom stereocenters. The maximum Gasteiger partial charge on any atom is 0.323 e. The van der Waals surface area contributed by atoms with Crippen molar-refractivity contribution in [2.45, 2.75) is 26.7 Å². The summed E-state index contributed by atoms with van der Waals surface area (Å²) in [4.78, 5) is 25.0. The number of furan rings is 1. The van der Waals surface area contributed by atoms with Crippen LogP contribution in [0.3, 0.4) is 0 Å². The molecule has 5 nitrogen and oxygen atoms in total. The molecular formula is C18H22O5. The Morgan fingerprint density at radius 1 is 1.35 bits per heavy atom. The number of hydrogen-bond donors (Lipinski definition) is 0. The summed E-state index contributed by atoms with van der Waals surface area (Å²) in [5, 5.41) is 0. The van der Waals surface area contributed by atoms with Crippen LogP contribution in [0.1, 0.15) is 32.4 Å². The zero-order valence-electron chi connectivity index (χ0n) is 13.5. The molecule has 1 aliphatic rings. The highest BCUT2D eigenvalue weighted by Crippen LogP contribution is 2.48. The van der Waals surface area contributed by atoms with Crippen LogP contribution in [0.5, 0.6) is 0 Å². The van der Waals surface area contributed by atoms with Crippen LogP contribution >= 0.6 is 0 Å². The van der Waals surface area contributed by atoms with E-state index in [0.717, 1.165) is 5.57 Å². The van der Waals surface area contributed by atoms with Gasteiger partial charge in [-0.1, -0.05) is 11.6 Å². The van der Waals surface area contributed by atoms with Gasteiger partial charge in [-0.2, -0.15) is 0 Å². The number of hydrogen-bond acceptors (Lipinski definition) is 5. The van der Waals surface area contributed by atoms with Gasteiger partial charge in [-0.3, -0.25) is 9.59 Å². The van der Waals surface area contributed by atoms with E-state index in [1.807, 2.05) is 12.1 Å². The molecule has 124 valence electrons. The molecule has 5 heteroatoms. The van der Waals surface area contributed by atoms with Crippen LogP contribution in [-0.4, -0.2) is 25.2 Å². The Labute approximate surface area is 136 Å². The quantitative estimate of drug-likeness (QED) is 0.457. The number of allylic oxidation sites excluding steroid dienone is 2. The molecule has 0 amide bonds. The summed E-state index contributed by atoms with van der Waals surface area (Å²) >= 11 is 0. The van der Waals surface area contributed by atoms with E-state index in [4.69, 9.17) is 13.9 Å². The molecule has 1 saturated carbocycles. The summed E-state index contributed by atoms with van der Waals surface area (Å²) in [6.45, 7) is 7.70. The van der Waals surface area contributed by atoms with Crippen LogP contribution in [0.4, 0.5) is 0 Å². The molecule has 0 spiro atoms. The third-order valence-electron chi connectivity index (χ3n) is 4.04. The molecule has 0 bridgehead atoms. The van der Waals surface area contributed by atoms with Crippen molar-refractivity contribution in [1.82, 2.24) is 0 Å². The fraction of sp³-hybridized carbons (Fsp3) is 0.444. The lowest BCUT2D eigenvalue weighted by Crippen LogP contribution is -2.40. The van der Waals surface area contributed by atoms with Crippen LogP contribution in [0.2, 0.25) is 0 Å². The molecule has 23 heavy (non-hydrogen) atoms. The van der Waals surface area contributed by atoms with Crippen LogP contribution in [-0.2, 0) is 19.1 Å².